The van der Waals surface area contributed by atoms with E-state index in [0.29, 0.717) is 6.42 Å². The summed E-state index contributed by atoms with van der Waals surface area (Å²) in [5.74, 6) is 1.13. The highest BCUT2D eigenvalue weighted by atomic mass is 16.5. The lowest BCUT2D eigenvalue weighted by molar-refractivity contribution is -0.131. The Bertz CT molecular complexity index is 732. The molecule has 1 heterocycles. The fourth-order valence-corrected chi connectivity index (χ4v) is 3.90. The highest BCUT2D eigenvalue weighted by Gasteiger charge is 2.19. The monoisotopic (exact) mass is 380 g/mol. The van der Waals surface area contributed by atoms with E-state index in [0.717, 1.165) is 63.3 Å². The summed E-state index contributed by atoms with van der Waals surface area (Å²) in [5, 5.41) is 0. The van der Waals surface area contributed by atoms with E-state index in [-0.39, 0.29) is 5.91 Å². The fourth-order valence-electron chi connectivity index (χ4n) is 3.90. The van der Waals surface area contributed by atoms with E-state index < -0.39 is 0 Å². The molecular weight excluding hydrogens is 348 g/mol. The van der Waals surface area contributed by atoms with Crippen molar-refractivity contribution in [2.45, 2.75) is 32.1 Å². The standard InChI is InChI=1S/C24H32N2O2/c1-28-23-13-6-5-12-22(23)14-15-24(27)26-18-8-17-25(19-20-26)16-7-11-21-9-3-2-4-10-21/h2-6,9-10,12-13H,7-8,11,14-20H2,1H3. The molecule has 0 spiro atoms. The topological polar surface area (TPSA) is 32.8 Å². The first kappa shape index (κ1) is 20.4. The van der Waals surface area contributed by atoms with Crippen LogP contribution < -0.4 is 4.74 Å². The number of carbonyl (C=O) groups is 1. The molecule has 0 bridgehead atoms. The molecule has 150 valence electrons. The van der Waals surface area contributed by atoms with Crippen LogP contribution in [-0.4, -0.2) is 55.5 Å². The lowest BCUT2D eigenvalue weighted by atomic mass is 10.1. The smallest absolute Gasteiger partial charge is 0.222 e. The number of nitrogens with zero attached hydrogens (tertiary/aromatic N) is 2. The number of methoxy groups -OCH3 is 1. The molecule has 0 N–H and O–H groups in total. The Morgan fingerprint density at radius 1 is 0.929 bits per heavy atom. The van der Waals surface area contributed by atoms with Crippen LogP contribution in [0.3, 0.4) is 0 Å². The van der Waals surface area contributed by atoms with E-state index in [1.54, 1.807) is 7.11 Å². The van der Waals surface area contributed by atoms with Gasteiger partial charge >= 0.3 is 0 Å². The molecule has 2 aromatic rings. The summed E-state index contributed by atoms with van der Waals surface area (Å²) in [6.45, 7) is 4.90. The van der Waals surface area contributed by atoms with Crippen LogP contribution in [0, 0.1) is 0 Å². The van der Waals surface area contributed by atoms with Crippen LogP contribution in [0.15, 0.2) is 54.6 Å². The van der Waals surface area contributed by atoms with Gasteiger partial charge in [-0.15, -0.1) is 0 Å². The zero-order valence-electron chi connectivity index (χ0n) is 17.0. The van der Waals surface area contributed by atoms with Gasteiger partial charge in [0.05, 0.1) is 7.11 Å². The van der Waals surface area contributed by atoms with Gasteiger partial charge in [-0.1, -0.05) is 48.5 Å². The Morgan fingerprint density at radius 3 is 2.54 bits per heavy atom. The zero-order valence-corrected chi connectivity index (χ0v) is 17.0. The van der Waals surface area contributed by atoms with Gasteiger partial charge in [0, 0.05) is 26.1 Å². The first-order valence-electron chi connectivity index (χ1n) is 10.4. The van der Waals surface area contributed by atoms with Gasteiger partial charge in [0.25, 0.3) is 0 Å². The third-order valence-corrected chi connectivity index (χ3v) is 5.52. The molecule has 0 atom stereocenters. The molecule has 1 amide bonds. The van der Waals surface area contributed by atoms with Crippen LogP contribution in [0.4, 0.5) is 0 Å². The van der Waals surface area contributed by atoms with Crippen LogP contribution in [-0.2, 0) is 17.6 Å². The maximum Gasteiger partial charge on any atom is 0.222 e. The minimum absolute atomic E-state index is 0.261. The van der Waals surface area contributed by atoms with Crippen LogP contribution in [0.25, 0.3) is 0 Å². The molecule has 1 aliphatic rings. The Labute approximate surface area is 169 Å². The van der Waals surface area contributed by atoms with Gasteiger partial charge in [-0.05, 0) is 56.0 Å². The van der Waals surface area contributed by atoms with Crippen molar-refractivity contribution in [2.24, 2.45) is 0 Å². The summed E-state index contributed by atoms with van der Waals surface area (Å²) in [6.07, 6.45) is 4.64. The summed E-state index contributed by atoms with van der Waals surface area (Å²) >= 11 is 0. The number of amides is 1. The third kappa shape index (κ3) is 6.10. The second-order valence-electron chi connectivity index (χ2n) is 7.48. The van der Waals surface area contributed by atoms with Gasteiger partial charge in [-0.25, -0.2) is 0 Å². The summed E-state index contributed by atoms with van der Waals surface area (Å²) in [7, 11) is 1.68. The summed E-state index contributed by atoms with van der Waals surface area (Å²) < 4.78 is 5.40. The van der Waals surface area contributed by atoms with E-state index in [1.165, 1.54) is 12.0 Å². The molecule has 4 nitrogen and oxygen atoms in total. The zero-order chi connectivity index (χ0) is 19.6. The van der Waals surface area contributed by atoms with Crippen LogP contribution in [0.2, 0.25) is 0 Å². The van der Waals surface area contributed by atoms with Crippen molar-refractivity contribution in [2.75, 3.05) is 39.8 Å². The molecule has 0 aliphatic carbocycles. The highest BCUT2D eigenvalue weighted by molar-refractivity contribution is 5.76. The molecule has 4 heteroatoms. The largest absolute Gasteiger partial charge is 0.496 e. The van der Waals surface area contributed by atoms with Crippen molar-refractivity contribution in [3.8, 4) is 5.75 Å². The van der Waals surface area contributed by atoms with Crippen molar-refractivity contribution in [1.29, 1.82) is 0 Å². The van der Waals surface area contributed by atoms with Crippen molar-refractivity contribution < 1.29 is 9.53 Å². The molecule has 1 fully saturated rings. The third-order valence-electron chi connectivity index (χ3n) is 5.52. The molecule has 3 rings (SSSR count). The maximum absolute atomic E-state index is 12.7. The minimum atomic E-state index is 0.261. The van der Waals surface area contributed by atoms with Crippen LogP contribution in [0.1, 0.15) is 30.4 Å². The minimum Gasteiger partial charge on any atom is -0.496 e. The lowest BCUT2D eigenvalue weighted by Gasteiger charge is -2.22. The molecular formula is C24H32N2O2. The van der Waals surface area contributed by atoms with E-state index >= 15 is 0 Å². The van der Waals surface area contributed by atoms with Crippen molar-refractivity contribution in [1.82, 2.24) is 9.80 Å². The average molecular weight is 381 g/mol. The molecule has 0 radical (unpaired) electrons. The Balaban J connectivity index is 1.41. The quantitative estimate of drug-likeness (QED) is 0.698. The number of para-hydroxylation sites is 1. The first-order chi connectivity index (χ1) is 13.8. The molecule has 28 heavy (non-hydrogen) atoms. The van der Waals surface area contributed by atoms with Gasteiger partial charge in [-0.3, -0.25) is 4.79 Å². The number of aryl methyl sites for hydroxylation is 2. The number of ether oxygens (including phenoxy) is 1. The normalized spacial score (nSPS) is 15.2. The SMILES string of the molecule is COc1ccccc1CCC(=O)N1CCCN(CCCc2ccccc2)CC1. The van der Waals surface area contributed by atoms with Crippen molar-refractivity contribution in [3.05, 3.63) is 65.7 Å². The Kier molecular flexibility index (Phi) is 7.92. The van der Waals surface area contributed by atoms with Crippen molar-refractivity contribution in [3.63, 3.8) is 0 Å². The molecule has 2 aromatic carbocycles. The lowest BCUT2D eigenvalue weighted by Crippen LogP contribution is -2.35. The van der Waals surface area contributed by atoms with E-state index in [9.17, 15) is 4.79 Å². The van der Waals surface area contributed by atoms with Gasteiger partial charge < -0.3 is 14.5 Å². The van der Waals surface area contributed by atoms with Gasteiger partial charge in [0.2, 0.25) is 5.91 Å². The van der Waals surface area contributed by atoms with Gasteiger partial charge in [-0.2, -0.15) is 0 Å². The second kappa shape index (κ2) is 10.9. The van der Waals surface area contributed by atoms with Crippen LogP contribution >= 0.6 is 0 Å². The van der Waals surface area contributed by atoms with Crippen LogP contribution in [0.5, 0.6) is 5.75 Å². The second-order valence-corrected chi connectivity index (χ2v) is 7.48. The average Bonchev–Trinajstić information content (AvgIpc) is 2.99. The Morgan fingerprint density at radius 2 is 1.71 bits per heavy atom. The molecule has 1 aliphatic heterocycles. The number of benzene rings is 2. The maximum atomic E-state index is 12.7. The van der Waals surface area contributed by atoms with E-state index in [2.05, 4.69) is 35.2 Å². The predicted octanol–water partition coefficient (Wildman–Crippen LogP) is 3.79. The van der Waals surface area contributed by atoms with Gasteiger partial charge in [0.1, 0.15) is 5.75 Å². The molecule has 0 aromatic heterocycles. The number of hydrogen-bond acceptors (Lipinski definition) is 3. The number of hydrogen-bond donors (Lipinski definition) is 0. The number of carbonyl (C=O) groups excluding carboxylic acids is 1. The van der Waals surface area contributed by atoms with Gasteiger partial charge in [0.15, 0.2) is 0 Å². The molecule has 1 saturated heterocycles. The summed E-state index contributed by atoms with van der Waals surface area (Å²) in [6, 6.07) is 18.6. The molecule has 0 unspecified atom stereocenters. The first-order valence-corrected chi connectivity index (χ1v) is 10.4. The number of rotatable bonds is 8. The Hall–Kier alpha value is -2.33. The predicted molar refractivity (Wildman–Crippen MR) is 114 cm³/mol. The summed E-state index contributed by atoms with van der Waals surface area (Å²) in [5.41, 5.74) is 2.51. The van der Waals surface area contributed by atoms with E-state index in [1.807, 2.05) is 29.2 Å². The van der Waals surface area contributed by atoms with E-state index in [4.69, 9.17) is 4.74 Å². The molecule has 0 saturated carbocycles. The fraction of sp³-hybridized carbons (Fsp3) is 0.458. The summed E-state index contributed by atoms with van der Waals surface area (Å²) in [4.78, 5) is 17.3. The van der Waals surface area contributed by atoms with Crippen molar-refractivity contribution >= 4 is 5.91 Å². The highest BCUT2D eigenvalue weighted by Crippen LogP contribution is 2.19.